The van der Waals surface area contributed by atoms with E-state index in [0.29, 0.717) is 5.56 Å². The Morgan fingerprint density at radius 2 is 1.04 bits per heavy atom. The monoisotopic (exact) mass is 1120 g/mol. The van der Waals surface area contributed by atoms with Gasteiger partial charge in [0.25, 0.3) is 5.91 Å². The summed E-state index contributed by atoms with van der Waals surface area (Å²) in [6.45, 7) is 19.6. The number of nitrogens with one attached hydrogen (secondary N) is 1. The number of carbonyl (C=O) groups is 1. The van der Waals surface area contributed by atoms with Crippen LogP contribution in [0.1, 0.15) is 112 Å². The first-order valence-electron chi connectivity index (χ1n) is 28.2. The molecule has 5 aromatic carbocycles. The number of rotatable bonds is 9. The molecule has 432 valence electrons. The number of likely N-dealkylation sites (N-methyl/N-ethyl adjacent to an activating group) is 2. The topological polar surface area (TPSA) is 86.7 Å². The standard InChI is InChI=1S/C23H23F2N3O.C23H27N3.C22H22F2N2O.CH4/c1-14-4-7-21-17(10-14)18-12-27(3)9-8-22(18)28(21)13-20(25)15-5-6-16(19(24)11-15)23(29)26-2;1-4-12-25-13-9-23-21(16-25)20-14-17(2)5-6-22(20)26(23)15-18(3)19-7-10-24-11-8-19;1-13-4-5-20-16(8-13)17-12-25(3)7-6-21(17)26(20)11-14(2)15-9-18(23)22(27)19(24)10-15;/h4-7,10-11,13H,8-9,12H2,1-3H3,(H,26,29);5-8,10-11,14-15H,4,9,12-13,16H2,1-3H3;4-5,8-11,27H,6-7,12H2,1-3H3;1H4/b20-13-;18-15+;14-11+;. The molecule has 4 aromatic heterocycles. The van der Waals surface area contributed by atoms with Gasteiger partial charge in [0.05, 0.1) is 22.1 Å². The molecule has 0 atom stereocenters. The van der Waals surface area contributed by atoms with Crippen LogP contribution in [0, 0.1) is 38.2 Å². The van der Waals surface area contributed by atoms with Crippen LogP contribution in [-0.2, 0) is 38.9 Å². The summed E-state index contributed by atoms with van der Waals surface area (Å²) in [6.07, 6.45) is 13.5. The lowest BCUT2D eigenvalue weighted by atomic mass is 10.0. The molecule has 10 nitrogen and oxygen atoms in total. The molecule has 3 aliphatic rings. The highest BCUT2D eigenvalue weighted by Crippen LogP contribution is 2.37. The first-order chi connectivity index (χ1) is 39.4. The van der Waals surface area contributed by atoms with Gasteiger partial charge in [-0.3, -0.25) is 14.7 Å². The van der Waals surface area contributed by atoms with Crippen molar-refractivity contribution in [2.45, 2.75) is 94.3 Å². The number of allylic oxidation sites excluding steroid dienone is 2. The SMILES string of the molecule is C.C/C(=C\n1c2c(c3cc(C)ccc31)CN(C)CC2)c1cc(F)c(O)c(F)c1.CCCN1CCc2c(c3cc(C)ccc3n2/C=C(\C)c2ccncc2)C1.CNC(=O)c1ccc(/C(F)=C/n2c3c(c4cc(C)ccc42)CN(C)CC3)cc1F. The van der Waals surface area contributed by atoms with Crippen LogP contribution in [0.15, 0.2) is 109 Å². The van der Waals surface area contributed by atoms with Crippen LogP contribution in [-0.4, -0.2) is 91.7 Å². The van der Waals surface area contributed by atoms with Crippen molar-refractivity contribution in [1.29, 1.82) is 0 Å². The Balaban J connectivity index is 0.000000149. The molecule has 0 bridgehead atoms. The van der Waals surface area contributed by atoms with E-state index in [1.807, 2.05) is 49.1 Å². The maximum absolute atomic E-state index is 15.1. The van der Waals surface area contributed by atoms with Gasteiger partial charge in [-0.15, -0.1) is 0 Å². The van der Waals surface area contributed by atoms with Crippen molar-refractivity contribution in [1.82, 2.24) is 38.7 Å². The van der Waals surface area contributed by atoms with Gasteiger partial charge in [0.15, 0.2) is 17.4 Å². The number of fused-ring (bicyclic) bond motifs is 9. The number of phenols is 1. The summed E-state index contributed by atoms with van der Waals surface area (Å²) in [6, 6.07) is 29.7. The molecule has 0 spiro atoms. The summed E-state index contributed by atoms with van der Waals surface area (Å²) in [5.74, 6) is -4.67. The Morgan fingerprint density at radius 1 is 0.590 bits per heavy atom. The smallest absolute Gasteiger partial charge is 0.253 e. The van der Waals surface area contributed by atoms with Gasteiger partial charge < -0.3 is 33.9 Å². The summed E-state index contributed by atoms with van der Waals surface area (Å²) >= 11 is 0. The number of carbonyl (C=O) groups excluding carboxylic acids is 1. The predicted octanol–water partition coefficient (Wildman–Crippen LogP) is 15.1. The fourth-order valence-electron chi connectivity index (χ4n) is 11.9. The molecular formula is C69H76F4N8O2. The minimum absolute atomic E-state index is 0. The fraction of sp³-hybridized carbons (Fsp3) is 0.304. The van der Waals surface area contributed by atoms with Crippen molar-refractivity contribution in [2.75, 3.05) is 47.3 Å². The van der Waals surface area contributed by atoms with Crippen LogP contribution in [0.25, 0.3) is 68.3 Å². The normalized spacial score (nSPS) is 15.0. The molecule has 0 saturated carbocycles. The zero-order chi connectivity index (χ0) is 58.1. The average Bonchev–Trinajstić information content (AvgIpc) is 4.26. The predicted molar refractivity (Wildman–Crippen MR) is 333 cm³/mol. The molecule has 0 saturated heterocycles. The molecule has 9 aromatic rings. The Labute approximate surface area is 485 Å². The first kappa shape index (κ1) is 59.6. The summed E-state index contributed by atoms with van der Waals surface area (Å²) in [5, 5.41) is 15.5. The van der Waals surface area contributed by atoms with Gasteiger partial charge in [0.2, 0.25) is 0 Å². The van der Waals surface area contributed by atoms with E-state index in [0.717, 1.165) is 97.8 Å². The summed E-state index contributed by atoms with van der Waals surface area (Å²) in [5.41, 5.74) is 18.5. The van der Waals surface area contributed by atoms with Crippen molar-refractivity contribution in [3.05, 3.63) is 200 Å². The van der Waals surface area contributed by atoms with Crippen LogP contribution in [0.3, 0.4) is 0 Å². The zero-order valence-corrected chi connectivity index (χ0v) is 48.4. The van der Waals surface area contributed by atoms with Gasteiger partial charge in [0.1, 0.15) is 11.6 Å². The largest absolute Gasteiger partial charge is 0.503 e. The Morgan fingerprint density at radius 3 is 1.51 bits per heavy atom. The van der Waals surface area contributed by atoms with E-state index in [-0.39, 0.29) is 18.6 Å². The van der Waals surface area contributed by atoms with E-state index in [1.165, 1.54) is 117 Å². The number of hydrogen-bond acceptors (Lipinski definition) is 6. The van der Waals surface area contributed by atoms with Gasteiger partial charge in [-0.1, -0.05) is 55.3 Å². The second-order valence-corrected chi connectivity index (χ2v) is 22.3. The molecule has 2 N–H and O–H groups in total. The molecule has 3 aliphatic heterocycles. The number of pyridine rings is 1. The molecule has 0 unspecified atom stereocenters. The van der Waals surface area contributed by atoms with Gasteiger partial charge >= 0.3 is 0 Å². The second kappa shape index (κ2) is 25.2. The van der Waals surface area contributed by atoms with Crippen LogP contribution in [0.4, 0.5) is 17.6 Å². The number of halogens is 4. The Kier molecular flexibility index (Phi) is 18.1. The van der Waals surface area contributed by atoms with E-state index >= 15 is 4.39 Å². The third-order valence-electron chi connectivity index (χ3n) is 16.2. The van der Waals surface area contributed by atoms with Gasteiger partial charge in [-0.25, -0.2) is 17.6 Å². The van der Waals surface area contributed by atoms with Gasteiger partial charge in [-0.05, 0) is 173 Å². The highest BCUT2D eigenvalue weighted by atomic mass is 19.1. The third-order valence-corrected chi connectivity index (χ3v) is 16.2. The number of nitrogens with zero attached hydrogens (tertiary/aromatic N) is 7. The summed E-state index contributed by atoms with van der Waals surface area (Å²) in [4.78, 5) is 22.9. The van der Waals surface area contributed by atoms with Crippen molar-refractivity contribution in [2.24, 2.45) is 0 Å². The first-order valence-corrected chi connectivity index (χ1v) is 28.2. The fourth-order valence-corrected chi connectivity index (χ4v) is 11.9. The molecule has 7 heterocycles. The van der Waals surface area contributed by atoms with E-state index in [1.54, 1.807) is 0 Å². The van der Waals surface area contributed by atoms with Gasteiger partial charge in [-0.2, -0.15) is 0 Å². The highest BCUT2D eigenvalue weighted by Gasteiger charge is 2.26. The minimum atomic E-state index is -0.950. The van der Waals surface area contributed by atoms with E-state index in [4.69, 9.17) is 0 Å². The van der Waals surface area contributed by atoms with E-state index in [2.05, 4.69) is 137 Å². The van der Waals surface area contributed by atoms with E-state index in [9.17, 15) is 23.1 Å². The number of amides is 1. The molecule has 12 rings (SSSR count). The molecule has 0 aliphatic carbocycles. The summed E-state index contributed by atoms with van der Waals surface area (Å²) < 4.78 is 63.4. The zero-order valence-electron chi connectivity index (χ0n) is 48.4. The molecule has 0 radical (unpaired) electrons. The van der Waals surface area contributed by atoms with Crippen LogP contribution >= 0.6 is 0 Å². The van der Waals surface area contributed by atoms with Crippen LogP contribution in [0.2, 0.25) is 0 Å². The number of aromatic nitrogens is 4. The van der Waals surface area contributed by atoms with Crippen LogP contribution < -0.4 is 5.32 Å². The maximum Gasteiger partial charge on any atom is 0.253 e. The third kappa shape index (κ3) is 12.4. The van der Waals surface area contributed by atoms with Crippen molar-refractivity contribution < 1.29 is 27.5 Å². The van der Waals surface area contributed by atoms with Crippen molar-refractivity contribution in [3.8, 4) is 5.75 Å². The Bertz CT molecular complexity index is 3970. The maximum atomic E-state index is 15.1. The quantitative estimate of drug-likeness (QED) is 0.140. The number of phenolic OH excluding ortho intramolecular Hbond substituents is 1. The van der Waals surface area contributed by atoms with Crippen molar-refractivity contribution >= 4 is 74.2 Å². The highest BCUT2D eigenvalue weighted by molar-refractivity contribution is 5.95. The second-order valence-electron chi connectivity index (χ2n) is 22.3. The summed E-state index contributed by atoms with van der Waals surface area (Å²) in [7, 11) is 5.62. The number of aryl methyl sites for hydroxylation is 3. The molecular weight excluding hydrogens is 1050 g/mol. The molecule has 83 heavy (non-hydrogen) atoms. The lowest BCUT2D eigenvalue weighted by Crippen LogP contribution is -2.31. The molecule has 1 amide bonds. The average molecular weight is 1130 g/mol. The van der Waals surface area contributed by atoms with Gasteiger partial charge in [0, 0.05) is 135 Å². The molecule has 0 fully saturated rings. The lowest BCUT2D eigenvalue weighted by molar-refractivity contribution is 0.0959. The number of hydrogen-bond donors (Lipinski definition) is 2. The van der Waals surface area contributed by atoms with Crippen LogP contribution in [0.5, 0.6) is 5.75 Å². The van der Waals surface area contributed by atoms with Crippen molar-refractivity contribution in [3.63, 3.8) is 0 Å². The number of aromatic hydroxyl groups is 1. The number of benzene rings is 5. The molecule has 14 heteroatoms. The lowest BCUT2D eigenvalue weighted by Gasteiger charge is -2.27. The van der Waals surface area contributed by atoms with E-state index < -0.39 is 34.9 Å². The Hall–Kier alpha value is -8.04. The minimum Gasteiger partial charge on any atom is -0.503 e.